The van der Waals surface area contributed by atoms with Gasteiger partial charge in [0.25, 0.3) is 0 Å². The van der Waals surface area contributed by atoms with Crippen LogP contribution in [0.5, 0.6) is 0 Å². The third-order valence-corrected chi connectivity index (χ3v) is 3.19. The van der Waals surface area contributed by atoms with E-state index < -0.39 is 0 Å². The lowest BCUT2D eigenvalue weighted by Gasteiger charge is -2.30. The summed E-state index contributed by atoms with van der Waals surface area (Å²) >= 11 is 0. The van der Waals surface area contributed by atoms with Crippen molar-refractivity contribution in [1.29, 1.82) is 0 Å². The normalized spacial score (nSPS) is 19.9. The molecule has 0 bridgehead atoms. The molecule has 14 heavy (non-hydrogen) atoms. The lowest BCUT2D eigenvalue weighted by molar-refractivity contribution is 0.0660. The molecule has 0 amide bonds. The minimum atomic E-state index is -0.364. The molecule has 0 heterocycles. The Kier molecular flexibility index (Phi) is 4.85. The van der Waals surface area contributed by atoms with Crippen LogP contribution in [-0.2, 0) is 0 Å². The first kappa shape index (κ1) is 12.0. The second kappa shape index (κ2) is 5.69. The number of aliphatic hydroxyl groups excluding tert-OH is 2. The van der Waals surface area contributed by atoms with Gasteiger partial charge in [0.15, 0.2) is 0 Å². The Morgan fingerprint density at radius 3 is 2.21 bits per heavy atom. The highest BCUT2D eigenvalue weighted by Crippen LogP contribution is 2.19. The first-order chi connectivity index (χ1) is 6.70. The molecule has 0 aromatic heterocycles. The van der Waals surface area contributed by atoms with Crippen LogP contribution in [0, 0.1) is 5.41 Å². The Morgan fingerprint density at radius 2 is 1.71 bits per heavy atom. The van der Waals surface area contributed by atoms with E-state index in [-0.39, 0.29) is 18.6 Å². The third-order valence-electron chi connectivity index (χ3n) is 3.19. The van der Waals surface area contributed by atoms with Gasteiger partial charge in [0, 0.05) is 18.0 Å². The smallest absolute Gasteiger partial charge is 0.0518 e. The highest BCUT2D eigenvalue weighted by Gasteiger charge is 2.24. The van der Waals surface area contributed by atoms with Crippen molar-refractivity contribution in [2.45, 2.75) is 45.1 Å². The molecule has 0 aliphatic heterocycles. The van der Waals surface area contributed by atoms with Crippen molar-refractivity contribution < 1.29 is 10.2 Å². The van der Waals surface area contributed by atoms with E-state index in [1.54, 1.807) is 0 Å². The Hall–Kier alpha value is -0.120. The summed E-state index contributed by atoms with van der Waals surface area (Å²) in [6.45, 7) is 2.71. The first-order valence-corrected chi connectivity index (χ1v) is 5.65. The van der Waals surface area contributed by atoms with Gasteiger partial charge in [-0.1, -0.05) is 26.2 Å². The molecular weight excluding hydrogens is 178 g/mol. The van der Waals surface area contributed by atoms with Crippen LogP contribution in [0.1, 0.15) is 39.0 Å². The van der Waals surface area contributed by atoms with Gasteiger partial charge in [-0.2, -0.15) is 0 Å². The number of hydrogen-bond acceptors (Lipinski definition) is 3. The van der Waals surface area contributed by atoms with Crippen LogP contribution in [0.2, 0.25) is 0 Å². The van der Waals surface area contributed by atoms with Gasteiger partial charge < -0.3 is 15.5 Å². The monoisotopic (exact) mass is 201 g/mol. The maximum Gasteiger partial charge on any atom is 0.0518 e. The van der Waals surface area contributed by atoms with Gasteiger partial charge in [-0.25, -0.2) is 0 Å². The predicted molar refractivity (Wildman–Crippen MR) is 57.2 cm³/mol. The minimum Gasteiger partial charge on any atom is -0.396 e. The number of aliphatic hydroxyl groups is 2. The van der Waals surface area contributed by atoms with E-state index >= 15 is 0 Å². The molecule has 1 aliphatic carbocycles. The SMILES string of the molecule is CC(CO)(CO)CNC1CCCCC1. The lowest BCUT2D eigenvalue weighted by atomic mass is 9.90. The van der Waals surface area contributed by atoms with Crippen molar-refractivity contribution in [2.24, 2.45) is 5.41 Å². The van der Waals surface area contributed by atoms with Gasteiger partial charge in [-0.15, -0.1) is 0 Å². The van der Waals surface area contributed by atoms with Crippen LogP contribution in [0.3, 0.4) is 0 Å². The molecule has 0 spiro atoms. The standard InChI is InChI=1S/C11H23NO2/c1-11(8-13,9-14)7-12-10-5-3-2-4-6-10/h10,12-14H,2-9H2,1H3. The average Bonchev–Trinajstić information content (AvgIpc) is 2.27. The molecule has 0 atom stereocenters. The summed E-state index contributed by atoms with van der Waals surface area (Å²) in [4.78, 5) is 0. The fourth-order valence-electron chi connectivity index (χ4n) is 1.86. The molecule has 0 unspecified atom stereocenters. The van der Waals surface area contributed by atoms with Gasteiger partial charge >= 0.3 is 0 Å². The molecule has 0 aromatic rings. The van der Waals surface area contributed by atoms with E-state index in [0.717, 1.165) is 0 Å². The summed E-state index contributed by atoms with van der Waals surface area (Å²) in [5.41, 5.74) is -0.364. The molecule has 0 saturated heterocycles. The summed E-state index contributed by atoms with van der Waals surface area (Å²) < 4.78 is 0. The summed E-state index contributed by atoms with van der Waals surface area (Å²) in [6.07, 6.45) is 6.47. The van der Waals surface area contributed by atoms with Gasteiger partial charge in [-0.3, -0.25) is 0 Å². The van der Waals surface area contributed by atoms with Crippen LogP contribution >= 0.6 is 0 Å². The first-order valence-electron chi connectivity index (χ1n) is 5.65. The van der Waals surface area contributed by atoms with E-state index in [1.165, 1.54) is 32.1 Å². The largest absolute Gasteiger partial charge is 0.396 e. The number of rotatable bonds is 5. The Bertz CT molecular complexity index is 151. The van der Waals surface area contributed by atoms with Crippen molar-refractivity contribution in [2.75, 3.05) is 19.8 Å². The average molecular weight is 201 g/mol. The molecule has 3 heteroatoms. The molecule has 1 rings (SSSR count). The fraction of sp³-hybridized carbons (Fsp3) is 1.00. The van der Waals surface area contributed by atoms with Gasteiger partial charge in [0.2, 0.25) is 0 Å². The van der Waals surface area contributed by atoms with E-state index in [0.29, 0.717) is 12.6 Å². The molecule has 1 aliphatic rings. The van der Waals surface area contributed by atoms with Crippen LogP contribution in [0.4, 0.5) is 0 Å². The summed E-state index contributed by atoms with van der Waals surface area (Å²) in [6, 6.07) is 0.598. The van der Waals surface area contributed by atoms with Crippen LogP contribution in [0.25, 0.3) is 0 Å². The predicted octanol–water partition coefficient (Wildman–Crippen LogP) is 0.900. The zero-order valence-corrected chi connectivity index (χ0v) is 9.13. The van der Waals surface area contributed by atoms with Crippen LogP contribution in [0.15, 0.2) is 0 Å². The number of nitrogens with one attached hydrogen (secondary N) is 1. The molecule has 1 fully saturated rings. The van der Waals surface area contributed by atoms with Crippen molar-refractivity contribution in [3.05, 3.63) is 0 Å². The fourth-order valence-corrected chi connectivity index (χ4v) is 1.86. The molecule has 0 radical (unpaired) electrons. The maximum atomic E-state index is 9.11. The highest BCUT2D eigenvalue weighted by atomic mass is 16.3. The van der Waals surface area contributed by atoms with E-state index in [1.807, 2.05) is 6.92 Å². The second-order valence-electron chi connectivity index (χ2n) is 4.84. The topological polar surface area (TPSA) is 52.5 Å². The van der Waals surface area contributed by atoms with Gasteiger partial charge in [0.05, 0.1) is 13.2 Å². The summed E-state index contributed by atoms with van der Waals surface area (Å²) in [7, 11) is 0. The Balaban J connectivity index is 2.23. The quantitative estimate of drug-likeness (QED) is 0.619. The Labute approximate surface area is 86.5 Å². The summed E-state index contributed by atoms with van der Waals surface area (Å²) in [5, 5.41) is 21.7. The molecule has 0 aromatic carbocycles. The lowest BCUT2D eigenvalue weighted by Crippen LogP contribution is -2.43. The Morgan fingerprint density at radius 1 is 1.14 bits per heavy atom. The van der Waals surface area contributed by atoms with Gasteiger partial charge in [0.1, 0.15) is 0 Å². The van der Waals surface area contributed by atoms with Crippen molar-refractivity contribution in [3.8, 4) is 0 Å². The van der Waals surface area contributed by atoms with Crippen LogP contribution < -0.4 is 5.32 Å². The minimum absolute atomic E-state index is 0.0449. The van der Waals surface area contributed by atoms with Crippen molar-refractivity contribution in [3.63, 3.8) is 0 Å². The van der Waals surface area contributed by atoms with Crippen molar-refractivity contribution in [1.82, 2.24) is 5.32 Å². The molecule has 3 nitrogen and oxygen atoms in total. The molecule has 3 N–H and O–H groups in total. The van der Waals surface area contributed by atoms with E-state index in [4.69, 9.17) is 10.2 Å². The zero-order chi connectivity index (χ0) is 10.4. The zero-order valence-electron chi connectivity index (χ0n) is 9.13. The molecule has 1 saturated carbocycles. The highest BCUT2D eigenvalue weighted by molar-refractivity contribution is 4.79. The van der Waals surface area contributed by atoms with Gasteiger partial charge in [-0.05, 0) is 12.8 Å². The molecular formula is C11H23NO2. The van der Waals surface area contributed by atoms with E-state index in [9.17, 15) is 0 Å². The third kappa shape index (κ3) is 3.56. The van der Waals surface area contributed by atoms with Crippen molar-refractivity contribution >= 4 is 0 Å². The number of hydrogen-bond donors (Lipinski definition) is 3. The molecule has 84 valence electrons. The summed E-state index contributed by atoms with van der Waals surface area (Å²) in [5.74, 6) is 0. The maximum absolute atomic E-state index is 9.11. The van der Waals surface area contributed by atoms with E-state index in [2.05, 4.69) is 5.32 Å². The van der Waals surface area contributed by atoms with Crippen LogP contribution in [-0.4, -0.2) is 36.0 Å². The second-order valence-corrected chi connectivity index (χ2v) is 4.84.